The molecule has 1 unspecified atom stereocenters. The Bertz CT molecular complexity index is 182. The minimum atomic E-state index is 0.368. The van der Waals surface area contributed by atoms with Crippen molar-refractivity contribution < 1.29 is 0 Å². The van der Waals surface area contributed by atoms with E-state index in [0.717, 1.165) is 19.4 Å². The number of hydrogen-bond donors (Lipinski definition) is 1. The van der Waals surface area contributed by atoms with Crippen molar-refractivity contribution in [3.63, 3.8) is 0 Å². The summed E-state index contributed by atoms with van der Waals surface area (Å²) < 4.78 is 0. The molecule has 0 aromatic carbocycles. The maximum Gasteiger partial charge on any atom is 0.0155 e. The Hall–Kier alpha value is -0.300. The largest absolute Gasteiger partial charge is 0.313 e. The van der Waals surface area contributed by atoms with Gasteiger partial charge in [-0.15, -0.1) is 0 Å². The van der Waals surface area contributed by atoms with Gasteiger partial charge in [0.15, 0.2) is 0 Å². The molecule has 0 aliphatic rings. The first-order valence-corrected chi connectivity index (χ1v) is 6.37. The predicted molar refractivity (Wildman–Crippen MR) is 70.2 cm³/mol. The van der Waals surface area contributed by atoms with Gasteiger partial charge < -0.3 is 5.32 Å². The van der Waals surface area contributed by atoms with Gasteiger partial charge in [-0.25, -0.2) is 0 Å². The molecule has 1 heteroatoms. The van der Waals surface area contributed by atoms with Crippen molar-refractivity contribution in [1.29, 1.82) is 0 Å². The molecule has 0 aromatic rings. The number of nitrogens with one attached hydrogen (secondary N) is 1. The fourth-order valence-corrected chi connectivity index (χ4v) is 1.62. The third-order valence-corrected chi connectivity index (χ3v) is 3.49. The van der Waals surface area contributed by atoms with Crippen LogP contribution in [0.2, 0.25) is 0 Å². The summed E-state index contributed by atoms with van der Waals surface area (Å²) in [5.74, 6) is 0. The van der Waals surface area contributed by atoms with Gasteiger partial charge in [-0.2, -0.15) is 0 Å². The van der Waals surface area contributed by atoms with Gasteiger partial charge in [-0.3, -0.25) is 0 Å². The average Bonchev–Trinajstić information content (AvgIpc) is 2.23. The highest BCUT2D eigenvalue weighted by molar-refractivity contribution is 5.00. The molecule has 15 heavy (non-hydrogen) atoms. The zero-order valence-corrected chi connectivity index (χ0v) is 11.3. The fraction of sp³-hybridized carbons (Fsp3) is 0.857. The van der Waals surface area contributed by atoms with E-state index in [1.807, 2.05) is 0 Å². The van der Waals surface area contributed by atoms with Gasteiger partial charge in [-0.1, -0.05) is 46.8 Å². The lowest BCUT2D eigenvalue weighted by Crippen LogP contribution is -2.42. The SMILES string of the molecule is C=C(CC)CC(NCCC)C(C)(C)CC. The fourth-order valence-electron chi connectivity index (χ4n) is 1.62. The molecule has 0 aliphatic heterocycles. The molecule has 0 radical (unpaired) electrons. The van der Waals surface area contributed by atoms with Crippen molar-refractivity contribution in [3.05, 3.63) is 12.2 Å². The molecule has 1 nitrogen and oxygen atoms in total. The Balaban J connectivity index is 4.36. The van der Waals surface area contributed by atoms with Crippen LogP contribution in [0.5, 0.6) is 0 Å². The standard InChI is InChI=1S/C14H29N/c1-7-10-15-13(11-12(4)8-2)14(5,6)9-3/h13,15H,4,7-11H2,1-3,5-6H3. The Morgan fingerprint density at radius 3 is 2.27 bits per heavy atom. The van der Waals surface area contributed by atoms with Crippen molar-refractivity contribution in [2.75, 3.05) is 6.54 Å². The van der Waals surface area contributed by atoms with Gasteiger partial charge >= 0.3 is 0 Å². The van der Waals surface area contributed by atoms with Gasteiger partial charge in [-0.05, 0) is 37.6 Å². The van der Waals surface area contributed by atoms with E-state index in [2.05, 4.69) is 46.5 Å². The van der Waals surface area contributed by atoms with Crippen molar-refractivity contribution in [3.8, 4) is 0 Å². The molecule has 0 amide bonds. The van der Waals surface area contributed by atoms with Crippen LogP contribution in [0.4, 0.5) is 0 Å². The zero-order valence-electron chi connectivity index (χ0n) is 11.3. The van der Waals surface area contributed by atoms with E-state index >= 15 is 0 Å². The van der Waals surface area contributed by atoms with Crippen LogP contribution in [0.3, 0.4) is 0 Å². The normalized spacial score (nSPS) is 13.9. The lowest BCUT2D eigenvalue weighted by Gasteiger charge is -2.35. The molecule has 0 bridgehead atoms. The molecule has 0 aromatic heterocycles. The van der Waals surface area contributed by atoms with Crippen LogP contribution in [-0.4, -0.2) is 12.6 Å². The van der Waals surface area contributed by atoms with Crippen molar-refractivity contribution >= 4 is 0 Å². The third kappa shape index (κ3) is 5.36. The predicted octanol–water partition coefficient (Wildman–Crippen LogP) is 4.15. The van der Waals surface area contributed by atoms with E-state index < -0.39 is 0 Å². The smallest absolute Gasteiger partial charge is 0.0155 e. The van der Waals surface area contributed by atoms with Gasteiger partial charge in [0.2, 0.25) is 0 Å². The van der Waals surface area contributed by atoms with Crippen LogP contribution in [0.1, 0.15) is 60.3 Å². The maximum atomic E-state index is 4.13. The van der Waals surface area contributed by atoms with E-state index in [4.69, 9.17) is 0 Å². The maximum absolute atomic E-state index is 4.13. The van der Waals surface area contributed by atoms with Crippen LogP contribution in [0.25, 0.3) is 0 Å². The van der Waals surface area contributed by atoms with Crippen LogP contribution < -0.4 is 5.32 Å². The summed E-state index contributed by atoms with van der Waals surface area (Å²) in [6, 6.07) is 0.579. The minimum Gasteiger partial charge on any atom is -0.313 e. The first kappa shape index (κ1) is 14.7. The second kappa shape index (κ2) is 7.05. The Labute approximate surface area is 96.3 Å². The summed E-state index contributed by atoms with van der Waals surface area (Å²) in [5, 5.41) is 3.66. The van der Waals surface area contributed by atoms with E-state index in [-0.39, 0.29) is 0 Å². The van der Waals surface area contributed by atoms with Crippen molar-refractivity contribution in [1.82, 2.24) is 5.32 Å². The van der Waals surface area contributed by atoms with Crippen molar-refractivity contribution in [2.45, 2.75) is 66.3 Å². The van der Waals surface area contributed by atoms with Crippen LogP contribution in [-0.2, 0) is 0 Å². The second-order valence-corrected chi connectivity index (χ2v) is 5.16. The summed E-state index contributed by atoms with van der Waals surface area (Å²) in [5.41, 5.74) is 1.73. The van der Waals surface area contributed by atoms with Crippen LogP contribution in [0.15, 0.2) is 12.2 Å². The molecule has 0 aliphatic carbocycles. The highest BCUT2D eigenvalue weighted by Gasteiger charge is 2.27. The second-order valence-electron chi connectivity index (χ2n) is 5.16. The molecule has 0 saturated carbocycles. The third-order valence-electron chi connectivity index (χ3n) is 3.49. The molecule has 0 fully saturated rings. The number of hydrogen-bond acceptors (Lipinski definition) is 1. The molecular weight excluding hydrogens is 182 g/mol. The van der Waals surface area contributed by atoms with Gasteiger partial charge in [0, 0.05) is 6.04 Å². The number of rotatable bonds is 8. The van der Waals surface area contributed by atoms with E-state index in [1.54, 1.807) is 0 Å². The zero-order chi connectivity index (χ0) is 11.9. The molecule has 0 heterocycles. The van der Waals surface area contributed by atoms with E-state index in [1.165, 1.54) is 18.4 Å². The Morgan fingerprint density at radius 2 is 1.87 bits per heavy atom. The highest BCUT2D eigenvalue weighted by Crippen LogP contribution is 2.29. The molecule has 0 rings (SSSR count). The average molecular weight is 211 g/mol. The monoisotopic (exact) mass is 211 g/mol. The summed E-state index contributed by atoms with van der Waals surface area (Å²) in [6.45, 7) is 16.6. The molecule has 1 atom stereocenters. The minimum absolute atomic E-state index is 0.368. The summed E-state index contributed by atoms with van der Waals surface area (Å²) in [4.78, 5) is 0. The van der Waals surface area contributed by atoms with Gasteiger partial charge in [0.1, 0.15) is 0 Å². The van der Waals surface area contributed by atoms with E-state index in [0.29, 0.717) is 11.5 Å². The lowest BCUT2D eigenvalue weighted by atomic mass is 9.78. The molecule has 0 spiro atoms. The van der Waals surface area contributed by atoms with Gasteiger partial charge in [0.25, 0.3) is 0 Å². The molecule has 90 valence electrons. The molecule has 0 saturated heterocycles. The first-order chi connectivity index (χ1) is 6.97. The quantitative estimate of drug-likeness (QED) is 0.595. The molecular formula is C14H29N. The Morgan fingerprint density at radius 1 is 1.27 bits per heavy atom. The Kier molecular flexibility index (Phi) is 6.91. The highest BCUT2D eigenvalue weighted by atomic mass is 14.9. The van der Waals surface area contributed by atoms with Crippen LogP contribution >= 0.6 is 0 Å². The topological polar surface area (TPSA) is 12.0 Å². The van der Waals surface area contributed by atoms with E-state index in [9.17, 15) is 0 Å². The lowest BCUT2D eigenvalue weighted by molar-refractivity contribution is 0.229. The van der Waals surface area contributed by atoms with Crippen molar-refractivity contribution in [2.24, 2.45) is 5.41 Å². The van der Waals surface area contributed by atoms with Gasteiger partial charge in [0.05, 0.1) is 0 Å². The summed E-state index contributed by atoms with van der Waals surface area (Å²) >= 11 is 0. The summed E-state index contributed by atoms with van der Waals surface area (Å²) in [6.07, 6.45) is 4.64. The first-order valence-electron chi connectivity index (χ1n) is 6.37. The summed E-state index contributed by atoms with van der Waals surface area (Å²) in [7, 11) is 0. The van der Waals surface area contributed by atoms with Crippen LogP contribution in [0, 0.1) is 5.41 Å². The molecule has 1 N–H and O–H groups in total.